The van der Waals surface area contributed by atoms with Gasteiger partial charge in [-0.05, 0) is 50.1 Å². The van der Waals surface area contributed by atoms with Crippen LogP contribution in [0.3, 0.4) is 0 Å². The number of hydrogen-bond donors (Lipinski definition) is 1. The highest BCUT2D eigenvalue weighted by Crippen LogP contribution is 2.53. The van der Waals surface area contributed by atoms with E-state index < -0.39 is 0 Å². The van der Waals surface area contributed by atoms with E-state index in [0.717, 1.165) is 38.5 Å². The lowest BCUT2D eigenvalue weighted by atomic mass is 9.58. The predicted molar refractivity (Wildman–Crippen MR) is 57.5 cm³/mol. The van der Waals surface area contributed by atoms with Gasteiger partial charge in [-0.2, -0.15) is 0 Å². The number of fused-ring (bicyclic) bond motifs is 3. The van der Waals surface area contributed by atoms with Crippen LogP contribution >= 0.6 is 11.6 Å². The van der Waals surface area contributed by atoms with E-state index in [4.69, 9.17) is 11.6 Å². The minimum absolute atomic E-state index is 0.0293. The first-order valence-corrected chi connectivity index (χ1v) is 5.85. The molecule has 15 heavy (non-hydrogen) atoms. The number of hydrogen-bond acceptors (Lipinski definition) is 2. The van der Waals surface area contributed by atoms with Gasteiger partial charge in [0.2, 0.25) is 11.1 Å². The molecule has 0 spiro atoms. The second-order valence-corrected chi connectivity index (χ2v) is 5.36. The molecule has 0 aliphatic heterocycles. The fraction of sp³-hybridized carbons (Fsp3) is 0.818. The Balaban J connectivity index is 2.10. The lowest BCUT2D eigenvalue weighted by molar-refractivity contribution is -0.129. The molecule has 0 saturated heterocycles. The smallest absolute Gasteiger partial charge is 0.227 e. The molecule has 3 nitrogen and oxygen atoms in total. The van der Waals surface area contributed by atoms with Gasteiger partial charge >= 0.3 is 0 Å². The maximum Gasteiger partial charge on any atom is 0.227 e. The van der Waals surface area contributed by atoms with Crippen LogP contribution in [0, 0.1) is 5.41 Å². The Hall–Kier alpha value is -0.570. The summed E-state index contributed by atoms with van der Waals surface area (Å²) in [5.41, 5.74) is -0.318. The first kappa shape index (κ1) is 10.9. The molecule has 3 fully saturated rings. The zero-order valence-electron chi connectivity index (χ0n) is 8.94. The quantitative estimate of drug-likeness (QED) is 0.736. The molecule has 0 heterocycles. The largest absolute Gasteiger partial charge is 0.351 e. The average molecular weight is 230 g/mol. The summed E-state index contributed by atoms with van der Waals surface area (Å²) in [6.07, 6.45) is 5.17. The monoisotopic (exact) mass is 229 g/mol. The molecule has 3 aliphatic rings. The highest BCUT2D eigenvalue weighted by molar-refractivity contribution is 6.64. The van der Waals surface area contributed by atoms with Gasteiger partial charge in [0.25, 0.3) is 0 Å². The fourth-order valence-corrected chi connectivity index (χ4v) is 3.32. The van der Waals surface area contributed by atoms with Gasteiger partial charge in [-0.15, -0.1) is 0 Å². The minimum atomic E-state index is -0.276. The van der Waals surface area contributed by atoms with Gasteiger partial charge in [0.05, 0.1) is 0 Å². The van der Waals surface area contributed by atoms with Crippen molar-refractivity contribution in [1.29, 1.82) is 0 Å². The Labute approximate surface area is 94.6 Å². The molecular formula is C11H16ClNO2. The van der Waals surface area contributed by atoms with E-state index in [-0.39, 0.29) is 22.1 Å². The standard InChI is InChI=1S/C11H16ClNO2/c1-8(14)13-11-5-2-10(3-6-11,4-7-11)9(12)15/h2-7H2,1H3,(H,13,14). The molecule has 4 heteroatoms. The molecule has 3 aliphatic carbocycles. The first-order chi connectivity index (χ1) is 6.98. The van der Waals surface area contributed by atoms with Gasteiger partial charge in [-0.3, -0.25) is 9.59 Å². The lowest BCUT2D eigenvalue weighted by Crippen LogP contribution is -2.57. The zero-order valence-corrected chi connectivity index (χ0v) is 9.69. The van der Waals surface area contributed by atoms with Crippen LogP contribution in [-0.4, -0.2) is 16.7 Å². The summed E-state index contributed by atoms with van der Waals surface area (Å²) in [7, 11) is 0. The topological polar surface area (TPSA) is 46.2 Å². The SMILES string of the molecule is CC(=O)NC12CCC(C(=O)Cl)(CC1)CC2. The van der Waals surface area contributed by atoms with Gasteiger partial charge in [-0.1, -0.05) is 0 Å². The number of rotatable bonds is 2. The van der Waals surface area contributed by atoms with E-state index in [1.165, 1.54) is 0 Å². The third-order valence-corrected chi connectivity index (χ3v) is 4.51. The maximum atomic E-state index is 11.4. The van der Waals surface area contributed by atoms with Crippen molar-refractivity contribution in [2.75, 3.05) is 0 Å². The van der Waals surface area contributed by atoms with Crippen molar-refractivity contribution < 1.29 is 9.59 Å². The van der Waals surface area contributed by atoms with Crippen LogP contribution in [0.2, 0.25) is 0 Å². The van der Waals surface area contributed by atoms with Crippen LogP contribution < -0.4 is 5.32 Å². The number of carbonyl (C=O) groups is 2. The van der Waals surface area contributed by atoms with Crippen LogP contribution in [0.25, 0.3) is 0 Å². The van der Waals surface area contributed by atoms with Gasteiger partial charge in [0.15, 0.2) is 0 Å². The average Bonchev–Trinajstić information content (AvgIpc) is 2.18. The van der Waals surface area contributed by atoms with E-state index in [9.17, 15) is 9.59 Å². The second kappa shape index (κ2) is 3.48. The zero-order chi connectivity index (χ0) is 11.1. The Morgan fingerprint density at radius 3 is 1.87 bits per heavy atom. The summed E-state index contributed by atoms with van der Waals surface area (Å²) < 4.78 is 0. The third kappa shape index (κ3) is 1.78. The Bertz CT molecular complexity index is 289. The summed E-state index contributed by atoms with van der Waals surface area (Å²) in [5.74, 6) is 0.0293. The van der Waals surface area contributed by atoms with E-state index in [1.807, 2.05) is 0 Å². The van der Waals surface area contributed by atoms with Gasteiger partial charge in [0.1, 0.15) is 0 Å². The van der Waals surface area contributed by atoms with E-state index in [2.05, 4.69) is 5.32 Å². The van der Waals surface area contributed by atoms with Crippen LogP contribution in [0.5, 0.6) is 0 Å². The summed E-state index contributed by atoms with van der Waals surface area (Å²) in [6, 6.07) is 0. The highest BCUT2D eigenvalue weighted by Gasteiger charge is 2.52. The van der Waals surface area contributed by atoms with Crippen LogP contribution in [0.1, 0.15) is 45.4 Å². The molecule has 1 N–H and O–H groups in total. The lowest BCUT2D eigenvalue weighted by Gasteiger charge is -2.51. The van der Waals surface area contributed by atoms with E-state index in [0.29, 0.717) is 0 Å². The van der Waals surface area contributed by atoms with Crippen molar-refractivity contribution in [3.8, 4) is 0 Å². The number of amides is 1. The normalized spacial score (nSPS) is 38.8. The third-order valence-electron chi connectivity index (χ3n) is 4.10. The molecule has 0 radical (unpaired) electrons. The van der Waals surface area contributed by atoms with Crippen molar-refractivity contribution >= 4 is 22.8 Å². The molecule has 0 unspecified atom stereocenters. The molecule has 3 saturated carbocycles. The van der Waals surface area contributed by atoms with Crippen molar-refractivity contribution in [1.82, 2.24) is 5.32 Å². The van der Waals surface area contributed by atoms with E-state index >= 15 is 0 Å². The highest BCUT2D eigenvalue weighted by atomic mass is 35.5. The molecule has 2 bridgehead atoms. The number of halogens is 1. The molecule has 1 amide bonds. The molecule has 0 aromatic carbocycles. The summed E-state index contributed by atoms with van der Waals surface area (Å²) >= 11 is 5.66. The van der Waals surface area contributed by atoms with Gasteiger partial charge < -0.3 is 5.32 Å². The molecule has 0 aromatic heterocycles. The van der Waals surface area contributed by atoms with E-state index in [1.54, 1.807) is 6.92 Å². The van der Waals surface area contributed by atoms with Crippen LogP contribution in [0.4, 0.5) is 0 Å². The molecular weight excluding hydrogens is 214 g/mol. The van der Waals surface area contributed by atoms with Crippen molar-refractivity contribution in [3.05, 3.63) is 0 Å². The predicted octanol–water partition coefficient (Wildman–Crippen LogP) is 1.98. The van der Waals surface area contributed by atoms with Crippen LogP contribution in [-0.2, 0) is 9.59 Å². The molecule has 0 aromatic rings. The Morgan fingerprint density at radius 1 is 1.07 bits per heavy atom. The second-order valence-electron chi connectivity index (χ2n) is 5.02. The van der Waals surface area contributed by atoms with Gasteiger partial charge in [-0.25, -0.2) is 0 Å². The van der Waals surface area contributed by atoms with Crippen molar-refractivity contribution in [2.45, 2.75) is 51.0 Å². The van der Waals surface area contributed by atoms with Crippen LogP contribution in [0.15, 0.2) is 0 Å². The van der Waals surface area contributed by atoms with Crippen molar-refractivity contribution in [3.63, 3.8) is 0 Å². The van der Waals surface area contributed by atoms with Crippen molar-refractivity contribution in [2.24, 2.45) is 5.41 Å². The summed E-state index contributed by atoms with van der Waals surface area (Å²) in [4.78, 5) is 22.5. The Morgan fingerprint density at radius 2 is 1.53 bits per heavy atom. The fourth-order valence-electron chi connectivity index (χ4n) is 3.04. The Kier molecular flexibility index (Phi) is 2.53. The molecule has 3 rings (SSSR count). The minimum Gasteiger partial charge on any atom is -0.351 e. The van der Waals surface area contributed by atoms with Gasteiger partial charge in [0, 0.05) is 17.9 Å². The first-order valence-electron chi connectivity index (χ1n) is 5.47. The summed E-state index contributed by atoms with van der Waals surface area (Å²) in [6.45, 7) is 1.55. The number of nitrogens with one attached hydrogen (secondary N) is 1. The molecule has 0 atom stereocenters. The number of carbonyl (C=O) groups excluding carboxylic acids is 2. The molecule has 84 valence electrons. The maximum absolute atomic E-state index is 11.4. The summed E-state index contributed by atoms with van der Waals surface area (Å²) in [5, 5.41) is 2.86.